The third-order valence-electron chi connectivity index (χ3n) is 1.81. The van der Waals surface area contributed by atoms with Crippen molar-refractivity contribution in [2.75, 3.05) is 19.4 Å². The van der Waals surface area contributed by atoms with Gasteiger partial charge in [0.2, 0.25) is 0 Å². The van der Waals surface area contributed by atoms with E-state index in [1.54, 1.807) is 0 Å². The standard InChI is InChI=1S/C11H17O7PS2/c1-4-14-17-19(20,18-15-5-2)16-10-6-8-11(9-7-10)21(3,12)13/h6-9H,4-5H2,1-3H3/i1D3,2D3,4D2,5D2. The van der Waals surface area contributed by atoms with Crippen LogP contribution < -0.4 is 4.52 Å². The Kier molecular flexibility index (Phi) is 3.26. The molecule has 0 bridgehead atoms. The summed E-state index contributed by atoms with van der Waals surface area (Å²) in [5, 5.41) is 0. The molecule has 1 aromatic carbocycles. The molecule has 0 aromatic heterocycles. The Morgan fingerprint density at radius 2 is 1.71 bits per heavy atom. The molecule has 0 saturated carbocycles. The smallest absolute Gasteiger partial charge is 0.421 e. The summed E-state index contributed by atoms with van der Waals surface area (Å²) in [5.74, 6) is -0.258. The highest BCUT2D eigenvalue weighted by atomic mass is 32.5. The molecule has 0 aliphatic rings. The lowest BCUT2D eigenvalue weighted by molar-refractivity contribution is -0.263. The van der Waals surface area contributed by atoms with Crippen molar-refractivity contribution in [2.24, 2.45) is 0 Å². The molecule has 0 saturated heterocycles. The third kappa shape index (κ3) is 6.39. The van der Waals surface area contributed by atoms with Crippen LogP contribution in [-0.2, 0) is 40.8 Å². The number of hydrogen-bond donors (Lipinski definition) is 0. The van der Waals surface area contributed by atoms with Crippen molar-refractivity contribution in [3.63, 3.8) is 0 Å². The fraction of sp³-hybridized carbons (Fsp3) is 0.455. The lowest BCUT2D eigenvalue weighted by Crippen LogP contribution is -2.04. The summed E-state index contributed by atoms with van der Waals surface area (Å²) in [5.41, 5.74) is 0. The fourth-order valence-corrected chi connectivity index (χ4v) is 2.84. The summed E-state index contributed by atoms with van der Waals surface area (Å²) in [4.78, 5) is 8.26. The number of sulfone groups is 1. The van der Waals surface area contributed by atoms with Crippen molar-refractivity contribution < 1.29 is 45.8 Å². The molecule has 10 heteroatoms. The van der Waals surface area contributed by atoms with Crippen LogP contribution in [0.15, 0.2) is 29.2 Å². The van der Waals surface area contributed by atoms with Gasteiger partial charge in [0.1, 0.15) is 5.75 Å². The first-order valence-corrected chi connectivity index (χ1v) is 9.39. The predicted octanol–water partition coefficient (Wildman–Crippen LogP) is 2.63. The average molecular weight is 366 g/mol. The molecule has 0 spiro atoms. The van der Waals surface area contributed by atoms with Crippen molar-refractivity contribution in [3.05, 3.63) is 24.3 Å². The van der Waals surface area contributed by atoms with E-state index in [2.05, 4.69) is 19.1 Å². The summed E-state index contributed by atoms with van der Waals surface area (Å²) >= 11 is 4.85. The van der Waals surface area contributed by atoms with E-state index in [0.717, 1.165) is 30.5 Å². The normalized spacial score (nSPS) is 22.0. The van der Waals surface area contributed by atoms with E-state index in [-0.39, 0.29) is 10.6 Å². The van der Waals surface area contributed by atoms with Crippen molar-refractivity contribution in [1.82, 2.24) is 0 Å². The van der Waals surface area contributed by atoms with Crippen molar-refractivity contribution in [1.29, 1.82) is 0 Å². The molecule has 0 heterocycles. The third-order valence-corrected chi connectivity index (χ3v) is 4.48. The van der Waals surface area contributed by atoms with E-state index < -0.39 is 43.4 Å². The number of hydrogen-bond acceptors (Lipinski definition) is 8. The van der Waals surface area contributed by atoms with Gasteiger partial charge in [0.15, 0.2) is 9.84 Å². The minimum atomic E-state index is -4.57. The van der Waals surface area contributed by atoms with Gasteiger partial charge < -0.3 is 4.52 Å². The topological polar surface area (TPSA) is 80.3 Å². The second-order valence-corrected chi connectivity index (χ2v) is 8.03. The molecule has 120 valence electrons. The SMILES string of the molecule is [2H]C([2H])([2H])C([2H])([2H])OOP(=S)(OOC([2H])([2H])C([2H])([2H])[2H])Oc1ccc(S(C)(=O)=O)cc1. The van der Waals surface area contributed by atoms with Gasteiger partial charge in [-0.05, 0) is 38.0 Å². The molecule has 1 rings (SSSR count). The minimum Gasteiger partial charge on any atom is -0.421 e. The summed E-state index contributed by atoms with van der Waals surface area (Å²) in [6.45, 7) is -18.1. The predicted molar refractivity (Wildman–Crippen MR) is 79.9 cm³/mol. The van der Waals surface area contributed by atoms with E-state index in [1.165, 1.54) is 0 Å². The fourth-order valence-electron chi connectivity index (χ4n) is 1.05. The Bertz CT molecular complexity index is 880. The summed E-state index contributed by atoms with van der Waals surface area (Å²) in [7, 11) is -3.56. The Morgan fingerprint density at radius 3 is 2.14 bits per heavy atom. The van der Waals surface area contributed by atoms with E-state index in [1.807, 2.05) is 0 Å². The highest BCUT2D eigenvalue weighted by Gasteiger charge is 2.26. The summed E-state index contributed by atoms with van der Waals surface area (Å²) in [6.07, 6.45) is 0.939. The first kappa shape index (κ1) is 8.35. The zero-order valence-electron chi connectivity index (χ0n) is 20.4. The van der Waals surface area contributed by atoms with Crippen molar-refractivity contribution in [2.45, 2.75) is 18.6 Å². The van der Waals surface area contributed by atoms with E-state index >= 15 is 0 Å². The second-order valence-electron chi connectivity index (χ2n) is 3.30. The number of rotatable bonds is 9. The quantitative estimate of drug-likeness (QED) is 0.375. The molecular weight excluding hydrogens is 339 g/mol. The van der Waals surface area contributed by atoms with Crippen LogP contribution in [0.25, 0.3) is 0 Å². The first-order valence-electron chi connectivity index (χ1n) is 9.94. The van der Waals surface area contributed by atoms with Crippen LogP contribution in [0.5, 0.6) is 5.75 Å². The zero-order chi connectivity index (χ0) is 24.5. The van der Waals surface area contributed by atoms with Crippen LogP contribution in [0.2, 0.25) is 0 Å². The molecule has 1 aromatic rings. The second kappa shape index (κ2) is 8.19. The lowest BCUT2D eigenvalue weighted by atomic mass is 10.3. The molecule has 0 aliphatic carbocycles. The molecule has 0 radical (unpaired) electrons. The van der Waals surface area contributed by atoms with Gasteiger partial charge in [-0.25, -0.2) is 18.2 Å². The maximum atomic E-state index is 11.5. The van der Waals surface area contributed by atoms with Crippen molar-refractivity contribution >= 4 is 28.4 Å². The van der Waals surface area contributed by atoms with Crippen molar-refractivity contribution in [3.8, 4) is 5.75 Å². The molecule has 0 unspecified atom stereocenters. The van der Waals surface area contributed by atoms with Crippen LogP contribution in [-0.4, -0.2) is 27.8 Å². The van der Waals surface area contributed by atoms with Gasteiger partial charge in [-0.3, -0.25) is 0 Å². The molecule has 0 aliphatic heterocycles. The van der Waals surface area contributed by atoms with Crippen LogP contribution in [0, 0.1) is 0 Å². The zero-order valence-corrected chi connectivity index (χ0v) is 13.0. The largest absolute Gasteiger partial charge is 0.436 e. The van der Waals surface area contributed by atoms with Gasteiger partial charge >= 0.3 is 6.72 Å². The van der Waals surface area contributed by atoms with E-state index in [0.29, 0.717) is 0 Å². The Hall–Kier alpha value is -0.540. The Morgan fingerprint density at radius 1 is 1.19 bits per heavy atom. The molecule has 7 nitrogen and oxygen atoms in total. The highest BCUT2D eigenvalue weighted by molar-refractivity contribution is 8.07. The Balaban J connectivity index is 3.16. The van der Waals surface area contributed by atoms with E-state index in [4.69, 9.17) is 30.0 Å². The molecule has 0 amide bonds. The molecule has 21 heavy (non-hydrogen) atoms. The van der Waals surface area contributed by atoms with Gasteiger partial charge in [-0.2, -0.15) is 0 Å². The van der Waals surface area contributed by atoms with E-state index in [9.17, 15) is 8.42 Å². The highest BCUT2D eigenvalue weighted by Crippen LogP contribution is 2.50. The van der Waals surface area contributed by atoms with Gasteiger partial charge in [-0.1, -0.05) is 0 Å². The summed E-state index contributed by atoms with van der Waals surface area (Å²) in [6, 6.07) is 4.33. The molecule has 0 N–H and O–H groups in total. The van der Waals surface area contributed by atoms with Crippen LogP contribution >= 0.6 is 6.72 Å². The van der Waals surface area contributed by atoms with Gasteiger partial charge in [-0.15, -0.1) is 9.35 Å². The molecule has 0 atom stereocenters. The first-order chi connectivity index (χ1) is 13.6. The maximum absolute atomic E-state index is 11.5. The van der Waals surface area contributed by atoms with Gasteiger partial charge in [0.25, 0.3) is 0 Å². The maximum Gasteiger partial charge on any atom is 0.436 e. The summed E-state index contributed by atoms with van der Waals surface area (Å²) < 4.78 is 109. The molecule has 0 fully saturated rings. The Labute approximate surface area is 143 Å². The number of benzene rings is 1. The lowest BCUT2D eigenvalue weighted by Gasteiger charge is -2.19. The van der Waals surface area contributed by atoms with Gasteiger partial charge in [0, 0.05) is 26.3 Å². The van der Waals surface area contributed by atoms with Crippen LogP contribution in [0.1, 0.15) is 27.4 Å². The van der Waals surface area contributed by atoms with Crippen LogP contribution in [0.3, 0.4) is 0 Å². The van der Waals surface area contributed by atoms with Crippen LogP contribution in [0.4, 0.5) is 0 Å². The average Bonchev–Trinajstić information content (AvgIpc) is 2.56. The minimum absolute atomic E-state index is 0.111. The monoisotopic (exact) mass is 366 g/mol. The van der Waals surface area contributed by atoms with Gasteiger partial charge in [0.05, 0.1) is 23.5 Å². The molecular formula is C11H17O7PS2.